The SMILES string of the molecule is [2H]C1([2H])NC([2H])([2H])C2([2H])CC1([2H])N2. The lowest BCUT2D eigenvalue weighted by molar-refractivity contribution is 0.201. The summed E-state index contributed by atoms with van der Waals surface area (Å²) in [7, 11) is 0. The molecule has 2 unspecified atom stereocenters. The second kappa shape index (κ2) is 1.20. The number of hydrogen-bond donors (Lipinski definition) is 2. The molecule has 3 fully saturated rings. The van der Waals surface area contributed by atoms with Gasteiger partial charge in [0.15, 0.2) is 0 Å². The summed E-state index contributed by atoms with van der Waals surface area (Å²) in [6.45, 7) is -4.28. The third kappa shape index (κ3) is 0.469. The average molecular weight is 104 g/mol. The molecule has 3 saturated heterocycles. The molecule has 40 valence electrons. The molecule has 0 amide bonds. The van der Waals surface area contributed by atoms with Crippen molar-refractivity contribution in [1.82, 2.24) is 10.6 Å². The van der Waals surface area contributed by atoms with Gasteiger partial charge in [-0.25, -0.2) is 0 Å². The molecule has 3 heterocycles. The highest BCUT2D eigenvalue weighted by atomic mass is 15.1. The van der Waals surface area contributed by atoms with Crippen molar-refractivity contribution in [3.8, 4) is 0 Å². The zero-order valence-corrected chi connectivity index (χ0v) is 3.71. The number of rotatable bonds is 0. The van der Waals surface area contributed by atoms with E-state index in [1.807, 2.05) is 5.32 Å². The first-order valence-electron chi connectivity index (χ1n) is 5.21. The molecule has 2 bridgehead atoms. The van der Waals surface area contributed by atoms with Gasteiger partial charge in [-0.05, 0) is 6.42 Å². The van der Waals surface area contributed by atoms with Gasteiger partial charge in [-0.3, -0.25) is 0 Å². The van der Waals surface area contributed by atoms with Crippen molar-refractivity contribution in [2.24, 2.45) is 0 Å². The third-order valence-corrected chi connectivity index (χ3v) is 1.08. The number of hydrogen-bond acceptors (Lipinski definition) is 2. The Labute approximate surface area is 51.7 Å². The molecule has 0 aromatic heterocycles. The summed E-state index contributed by atoms with van der Waals surface area (Å²) >= 11 is 0. The predicted octanol–water partition coefficient (Wildman–Crippen LogP) is -0.680. The molecule has 2 nitrogen and oxygen atoms in total. The Bertz CT molecular complexity index is 234. The van der Waals surface area contributed by atoms with Crippen LogP contribution in [0.25, 0.3) is 0 Å². The summed E-state index contributed by atoms with van der Waals surface area (Å²) in [4.78, 5) is 0. The van der Waals surface area contributed by atoms with Gasteiger partial charge in [-0.1, -0.05) is 0 Å². The molecule has 2 atom stereocenters. The Morgan fingerprint density at radius 3 is 2.57 bits per heavy atom. The minimum Gasteiger partial charge on any atom is -0.314 e. The minimum atomic E-state index is -2.14. The molecule has 2 heteroatoms. The highest BCUT2D eigenvalue weighted by Crippen LogP contribution is 2.13. The van der Waals surface area contributed by atoms with E-state index >= 15 is 0 Å². The van der Waals surface area contributed by atoms with E-state index in [0.29, 0.717) is 0 Å². The largest absolute Gasteiger partial charge is 0.314 e. The average Bonchev–Trinajstić information content (AvgIpc) is 1.77. The molecular formula is C5H10N2. The molecule has 7 heavy (non-hydrogen) atoms. The van der Waals surface area contributed by atoms with E-state index in [-0.39, 0.29) is 6.42 Å². The number of piperidine rings is 1. The van der Waals surface area contributed by atoms with Crippen molar-refractivity contribution in [2.75, 3.05) is 13.0 Å². The Morgan fingerprint density at radius 2 is 2.14 bits per heavy atom. The van der Waals surface area contributed by atoms with Crippen molar-refractivity contribution < 1.29 is 8.22 Å². The van der Waals surface area contributed by atoms with Gasteiger partial charge in [0.1, 0.15) is 0 Å². The van der Waals surface area contributed by atoms with Crippen LogP contribution < -0.4 is 10.6 Å². The molecule has 2 N–H and O–H groups in total. The van der Waals surface area contributed by atoms with Gasteiger partial charge in [0, 0.05) is 33.3 Å². The van der Waals surface area contributed by atoms with Crippen LogP contribution in [0, 0.1) is 0 Å². The summed E-state index contributed by atoms with van der Waals surface area (Å²) < 4.78 is 44.7. The highest BCUT2D eigenvalue weighted by Gasteiger charge is 2.31. The van der Waals surface area contributed by atoms with Gasteiger partial charge < -0.3 is 10.6 Å². The van der Waals surface area contributed by atoms with Crippen LogP contribution in [-0.4, -0.2) is 25.0 Å². The number of nitrogens with one attached hydrogen (secondary N) is 2. The highest BCUT2D eigenvalue weighted by molar-refractivity contribution is 4.95. The summed E-state index contributed by atoms with van der Waals surface area (Å²) in [5.41, 5.74) is 0. The van der Waals surface area contributed by atoms with Crippen LogP contribution in [0.5, 0.6) is 0 Å². The van der Waals surface area contributed by atoms with E-state index in [1.54, 1.807) is 0 Å². The lowest BCUT2D eigenvalue weighted by Crippen LogP contribution is -2.65. The fraction of sp³-hybridized carbons (Fsp3) is 1.00. The quantitative estimate of drug-likeness (QED) is 0.425. The molecule has 3 rings (SSSR count). The van der Waals surface area contributed by atoms with Crippen LogP contribution in [-0.2, 0) is 0 Å². The predicted molar refractivity (Wildman–Crippen MR) is 28.2 cm³/mol. The number of piperazine rings is 1. The van der Waals surface area contributed by atoms with Gasteiger partial charge in [-0.2, -0.15) is 0 Å². The van der Waals surface area contributed by atoms with Gasteiger partial charge in [0.05, 0.1) is 0 Å². The van der Waals surface area contributed by atoms with Crippen molar-refractivity contribution in [3.63, 3.8) is 0 Å². The van der Waals surface area contributed by atoms with Crippen LogP contribution in [0.1, 0.15) is 14.6 Å². The second-order valence-corrected chi connectivity index (χ2v) is 1.63. The fourth-order valence-electron chi connectivity index (χ4n) is 0.674. The molecule has 0 aromatic carbocycles. The van der Waals surface area contributed by atoms with Gasteiger partial charge in [0.2, 0.25) is 0 Å². The van der Waals surface area contributed by atoms with Crippen LogP contribution >= 0.6 is 0 Å². The van der Waals surface area contributed by atoms with Crippen molar-refractivity contribution in [1.29, 1.82) is 0 Å². The smallest absolute Gasteiger partial charge is 0.0479 e. The van der Waals surface area contributed by atoms with E-state index in [0.717, 1.165) is 0 Å². The van der Waals surface area contributed by atoms with E-state index in [4.69, 9.17) is 8.22 Å². The third-order valence-electron chi connectivity index (χ3n) is 1.08. The maximum atomic E-state index is 7.56. The van der Waals surface area contributed by atoms with Crippen molar-refractivity contribution in [3.05, 3.63) is 0 Å². The fourth-order valence-corrected chi connectivity index (χ4v) is 0.674. The van der Waals surface area contributed by atoms with E-state index < -0.39 is 25.0 Å². The summed E-state index contributed by atoms with van der Waals surface area (Å²) in [5.74, 6) is 0. The monoisotopic (exact) mass is 104 g/mol. The van der Waals surface area contributed by atoms with Crippen molar-refractivity contribution >= 4 is 0 Å². The first-order chi connectivity index (χ1) is 5.62. The van der Waals surface area contributed by atoms with Crippen LogP contribution in [0.15, 0.2) is 0 Å². The molecular weight excluding hydrogens is 88.1 g/mol. The summed E-state index contributed by atoms with van der Waals surface area (Å²) in [6.07, 6.45) is -0.146. The first-order valence-corrected chi connectivity index (χ1v) is 2.21. The first kappa shape index (κ1) is 1.25. The van der Waals surface area contributed by atoms with Gasteiger partial charge in [0.25, 0.3) is 0 Å². The van der Waals surface area contributed by atoms with Crippen LogP contribution in [0.3, 0.4) is 0 Å². The molecule has 0 radical (unpaired) electrons. The van der Waals surface area contributed by atoms with E-state index in [9.17, 15) is 0 Å². The maximum Gasteiger partial charge on any atom is 0.0479 e. The van der Waals surface area contributed by atoms with Crippen LogP contribution in [0.4, 0.5) is 0 Å². The summed E-state index contributed by atoms with van der Waals surface area (Å²) in [6, 6.07) is -3.14. The van der Waals surface area contributed by atoms with Gasteiger partial charge in [-0.15, -0.1) is 0 Å². The Morgan fingerprint density at radius 1 is 1.57 bits per heavy atom. The summed E-state index contributed by atoms with van der Waals surface area (Å²) in [5, 5.41) is 4.38. The number of fused-ring (bicyclic) bond motifs is 2. The topological polar surface area (TPSA) is 24.1 Å². The molecule has 3 aliphatic heterocycles. The zero-order chi connectivity index (χ0) is 10.1. The van der Waals surface area contributed by atoms with E-state index in [1.165, 1.54) is 0 Å². The lowest BCUT2D eigenvalue weighted by atomic mass is 9.93. The molecule has 0 aliphatic carbocycles. The normalized spacial score (nSPS) is 96.0. The molecule has 0 spiro atoms. The lowest BCUT2D eigenvalue weighted by Gasteiger charge is -2.42. The molecule has 0 saturated carbocycles. The van der Waals surface area contributed by atoms with Crippen molar-refractivity contribution in [2.45, 2.75) is 18.5 Å². The minimum absolute atomic E-state index is 0.146. The zero-order valence-electron chi connectivity index (χ0n) is 9.71. The standard InChI is InChI=1S/C5H10N2/c1-4-2-6-3-5(1)7-4/h4-7H,1-3H2/i2D2,3D2,4D,5D. The van der Waals surface area contributed by atoms with Gasteiger partial charge >= 0.3 is 0 Å². The maximum absolute atomic E-state index is 7.56. The second-order valence-electron chi connectivity index (χ2n) is 1.63. The molecule has 0 aromatic rings. The Balaban J connectivity index is 2.36. The van der Waals surface area contributed by atoms with E-state index in [2.05, 4.69) is 5.32 Å². The van der Waals surface area contributed by atoms with Crippen LogP contribution in [0.2, 0.25) is 0 Å². The Kier molecular flexibility index (Phi) is 0.215. The Hall–Kier alpha value is -0.0800. The molecule has 3 aliphatic rings.